The van der Waals surface area contributed by atoms with Crippen molar-refractivity contribution in [2.75, 3.05) is 6.54 Å². The van der Waals surface area contributed by atoms with E-state index in [1.807, 2.05) is 13.8 Å². The maximum atomic E-state index is 12.6. The standard InChI is InChI=1S/C18H20F3N3O3/c1-9(2)14-17(27)24-8-12(7-13(24)16(26)23-14)22-15(25)10-3-5-11(6-4-10)18(19,20)21/h3-6,9,12-14H,7-8H2,1-2H3,(H,22,25)(H,23,26)/t12-,13-,14-/m0/s1. The lowest BCUT2D eigenvalue weighted by molar-refractivity contribution is -0.148. The Morgan fingerprint density at radius 3 is 2.41 bits per heavy atom. The number of rotatable bonds is 3. The first kappa shape index (κ1) is 19.2. The first-order chi connectivity index (χ1) is 12.6. The second-order valence-corrected chi connectivity index (χ2v) is 7.22. The minimum Gasteiger partial charge on any atom is -0.347 e. The minimum absolute atomic E-state index is 0.0526. The molecular formula is C18H20F3N3O3. The van der Waals surface area contributed by atoms with Crippen molar-refractivity contribution in [2.24, 2.45) is 5.92 Å². The summed E-state index contributed by atoms with van der Waals surface area (Å²) in [5.74, 6) is -1.02. The number of fused-ring (bicyclic) bond motifs is 1. The van der Waals surface area contributed by atoms with Crippen LogP contribution in [0.3, 0.4) is 0 Å². The Morgan fingerprint density at radius 2 is 1.85 bits per heavy atom. The van der Waals surface area contributed by atoms with Crippen LogP contribution in [0.15, 0.2) is 24.3 Å². The minimum atomic E-state index is -4.47. The molecule has 0 bridgehead atoms. The molecule has 0 unspecified atom stereocenters. The van der Waals surface area contributed by atoms with Crippen molar-refractivity contribution < 1.29 is 27.6 Å². The molecule has 0 spiro atoms. The summed E-state index contributed by atoms with van der Waals surface area (Å²) in [6.07, 6.45) is -4.20. The Bertz CT molecular complexity index is 761. The number of carbonyl (C=O) groups is 3. The van der Waals surface area contributed by atoms with Gasteiger partial charge in [-0.3, -0.25) is 14.4 Å². The van der Waals surface area contributed by atoms with Gasteiger partial charge in [0.2, 0.25) is 11.8 Å². The molecule has 6 nitrogen and oxygen atoms in total. The number of nitrogens with zero attached hydrogens (tertiary/aromatic N) is 1. The molecule has 3 amide bonds. The first-order valence-corrected chi connectivity index (χ1v) is 8.67. The number of carbonyl (C=O) groups excluding carboxylic acids is 3. The Morgan fingerprint density at radius 1 is 1.22 bits per heavy atom. The average molecular weight is 383 g/mol. The Hall–Kier alpha value is -2.58. The number of halogens is 3. The highest BCUT2D eigenvalue weighted by Gasteiger charge is 2.47. The summed E-state index contributed by atoms with van der Waals surface area (Å²) < 4.78 is 37.8. The highest BCUT2D eigenvalue weighted by atomic mass is 19.4. The van der Waals surface area contributed by atoms with Crippen molar-refractivity contribution in [1.29, 1.82) is 0 Å². The summed E-state index contributed by atoms with van der Waals surface area (Å²) in [4.78, 5) is 38.5. The second kappa shape index (κ2) is 6.86. The third-order valence-corrected chi connectivity index (χ3v) is 4.93. The molecule has 2 fully saturated rings. The van der Waals surface area contributed by atoms with Crippen LogP contribution in [-0.4, -0.2) is 47.3 Å². The number of alkyl halides is 3. The molecule has 2 N–H and O–H groups in total. The lowest BCUT2D eigenvalue weighted by Gasteiger charge is -2.36. The van der Waals surface area contributed by atoms with Gasteiger partial charge in [0.25, 0.3) is 5.91 Å². The smallest absolute Gasteiger partial charge is 0.347 e. The van der Waals surface area contributed by atoms with Gasteiger partial charge in [-0.05, 0) is 36.6 Å². The third-order valence-electron chi connectivity index (χ3n) is 4.93. The van der Waals surface area contributed by atoms with E-state index in [1.54, 1.807) is 0 Å². The molecule has 1 aromatic carbocycles. The number of piperazine rings is 1. The van der Waals surface area contributed by atoms with Gasteiger partial charge in [-0.25, -0.2) is 0 Å². The van der Waals surface area contributed by atoms with E-state index in [4.69, 9.17) is 0 Å². The molecule has 3 rings (SSSR count). The maximum absolute atomic E-state index is 12.6. The van der Waals surface area contributed by atoms with Gasteiger partial charge in [0.05, 0.1) is 5.56 Å². The Labute approximate surface area is 154 Å². The van der Waals surface area contributed by atoms with Crippen molar-refractivity contribution in [2.45, 2.75) is 44.6 Å². The van der Waals surface area contributed by atoms with Gasteiger partial charge in [0.15, 0.2) is 0 Å². The molecule has 9 heteroatoms. The molecule has 1 aromatic rings. The maximum Gasteiger partial charge on any atom is 0.416 e. The number of benzene rings is 1. The molecule has 0 saturated carbocycles. The predicted octanol–water partition coefficient (Wildman–Crippen LogP) is 1.56. The molecule has 0 aliphatic carbocycles. The molecule has 146 valence electrons. The lowest BCUT2D eigenvalue weighted by atomic mass is 9.98. The third kappa shape index (κ3) is 3.77. The summed E-state index contributed by atoms with van der Waals surface area (Å²) in [6, 6.07) is 2.24. The molecule has 2 aliphatic heterocycles. The van der Waals surface area contributed by atoms with E-state index in [9.17, 15) is 27.6 Å². The zero-order chi connectivity index (χ0) is 19.9. The fourth-order valence-corrected chi connectivity index (χ4v) is 3.45. The van der Waals surface area contributed by atoms with Gasteiger partial charge in [-0.15, -0.1) is 0 Å². The van der Waals surface area contributed by atoms with E-state index >= 15 is 0 Å². The molecular weight excluding hydrogens is 363 g/mol. The molecule has 0 aromatic heterocycles. The second-order valence-electron chi connectivity index (χ2n) is 7.22. The van der Waals surface area contributed by atoms with Crippen LogP contribution in [0.4, 0.5) is 13.2 Å². The molecule has 2 aliphatic rings. The first-order valence-electron chi connectivity index (χ1n) is 8.67. The quantitative estimate of drug-likeness (QED) is 0.832. The number of nitrogens with one attached hydrogen (secondary N) is 2. The molecule has 2 saturated heterocycles. The summed E-state index contributed by atoms with van der Waals surface area (Å²) >= 11 is 0. The number of hydrogen-bond acceptors (Lipinski definition) is 3. The normalized spacial score (nSPS) is 25.4. The van der Waals surface area contributed by atoms with Crippen LogP contribution in [0.1, 0.15) is 36.2 Å². The highest BCUT2D eigenvalue weighted by molar-refractivity contribution is 5.98. The van der Waals surface area contributed by atoms with Crippen molar-refractivity contribution >= 4 is 17.7 Å². The summed E-state index contributed by atoms with van der Waals surface area (Å²) in [5, 5.41) is 5.41. The van der Waals surface area contributed by atoms with E-state index in [0.29, 0.717) is 0 Å². The van der Waals surface area contributed by atoms with Gasteiger partial charge >= 0.3 is 6.18 Å². The molecule has 3 atom stereocenters. The average Bonchev–Trinajstić information content (AvgIpc) is 3.02. The largest absolute Gasteiger partial charge is 0.416 e. The van der Waals surface area contributed by atoms with Crippen molar-refractivity contribution in [3.05, 3.63) is 35.4 Å². The predicted molar refractivity (Wildman–Crippen MR) is 89.6 cm³/mol. The van der Waals surface area contributed by atoms with Gasteiger partial charge < -0.3 is 15.5 Å². The SMILES string of the molecule is CC(C)[C@@H]1NC(=O)[C@@H]2C[C@H](NC(=O)c3ccc(C(F)(F)F)cc3)CN2C1=O. The highest BCUT2D eigenvalue weighted by Crippen LogP contribution is 2.29. The van der Waals surface area contributed by atoms with E-state index in [1.165, 1.54) is 4.90 Å². The number of hydrogen-bond donors (Lipinski definition) is 2. The van der Waals surface area contributed by atoms with Crippen molar-refractivity contribution in [1.82, 2.24) is 15.5 Å². The molecule has 0 radical (unpaired) electrons. The van der Waals surface area contributed by atoms with Crippen LogP contribution in [0, 0.1) is 5.92 Å². The van der Waals surface area contributed by atoms with Gasteiger partial charge in [0.1, 0.15) is 12.1 Å². The topological polar surface area (TPSA) is 78.5 Å². The fourth-order valence-electron chi connectivity index (χ4n) is 3.45. The zero-order valence-electron chi connectivity index (χ0n) is 14.8. The summed E-state index contributed by atoms with van der Waals surface area (Å²) in [7, 11) is 0. The Balaban J connectivity index is 1.66. The van der Waals surface area contributed by atoms with Crippen molar-refractivity contribution in [3.63, 3.8) is 0 Å². The monoisotopic (exact) mass is 383 g/mol. The van der Waals surface area contributed by atoms with E-state index in [0.717, 1.165) is 24.3 Å². The van der Waals surface area contributed by atoms with E-state index < -0.39 is 35.8 Å². The fraction of sp³-hybridized carbons (Fsp3) is 0.500. The van der Waals surface area contributed by atoms with Crippen LogP contribution >= 0.6 is 0 Å². The van der Waals surface area contributed by atoms with Gasteiger partial charge in [-0.1, -0.05) is 13.8 Å². The van der Waals surface area contributed by atoms with Crippen LogP contribution in [0.5, 0.6) is 0 Å². The van der Waals surface area contributed by atoms with Crippen LogP contribution in [-0.2, 0) is 15.8 Å². The van der Waals surface area contributed by atoms with Crippen LogP contribution in [0.2, 0.25) is 0 Å². The summed E-state index contributed by atoms with van der Waals surface area (Å²) in [5.41, 5.74) is -0.747. The van der Waals surface area contributed by atoms with E-state index in [2.05, 4.69) is 10.6 Å². The Kier molecular flexibility index (Phi) is 4.88. The zero-order valence-corrected chi connectivity index (χ0v) is 14.8. The van der Waals surface area contributed by atoms with Gasteiger partial charge in [-0.2, -0.15) is 13.2 Å². The number of amides is 3. The molecule has 27 heavy (non-hydrogen) atoms. The lowest BCUT2D eigenvalue weighted by Crippen LogP contribution is -2.62. The van der Waals surface area contributed by atoms with Crippen molar-refractivity contribution in [3.8, 4) is 0 Å². The van der Waals surface area contributed by atoms with Gasteiger partial charge in [0, 0.05) is 18.2 Å². The van der Waals surface area contributed by atoms with E-state index in [-0.39, 0.29) is 36.3 Å². The molecule has 2 heterocycles. The van der Waals surface area contributed by atoms with Crippen LogP contribution < -0.4 is 10.6 Å². The summed E-state index contributed by atoms with van der Waals surface area (Å²) in [6.45, 7) is 3.87. The van der Waals surface area contributed by atoms with Crippen LogP contribution in [0.25, 0.3) is 0 Å².